The third-order valence-corrected chi connectivity index (χ3v) is 5.03. The zero-order chi connectivity index (χ0) is 21.6. The molecule has 8 heteroatoms. The number of hydrogen-bond acceptors (Lipinski definition) is 4. The maximum absolute atomic E-state index is 13.2. The van der Waals surface area contributed by atoms with E-state index in [4.69, 9.17) is 9.47 Å². The van der Waals surface area contributed by atoms with Gasteiger partial charge in [0.2, 0.25) is 5.88 Å². The zero-order valence-corrected chi connectivity index (χ0v) is 16.9. The van der Waals surface area contributed by atoms with Gasteiger partial charge in [0, 0.05) is 19.3 Å². The van der Waals surface area contributed by atoms with Crippen molar-refractivity contribution >= 4 is 5.91 Å². The second kappa shape index (κ2) is 9.70. The summed E-state index contributed by atoms with van der Waals surface area (Å²) in [4.78, 5) is 12.8. The van der Waals surface area contributed by atoms with E-state index in [9.17, 15) is 13.6 Å². The average Bonchev–Trinajstić information content (AvgIpc) is 3.43. The minimum absolute atomic E-state index is 0.0155. The summed E-state index contributed by atoms with van der Waals surface area (Å²) < 4.78 is 39.2. The lowest BCUT2D eigenvalue weighted by Gasteiger charge is -2.11. The maximum atomic E-state index is 13.2. The summed E-state index contributed by atoms with van der Waals surface area (Å²) in [7, 11) is 0. The van der Waals surface area contributed by atoms with Crippen molar-refractivity contribution in [2.45, 2.75) is 32.1 Å². The van der Waals surface area contributed by atoms with Crippen molar-refractivity contribution < 1.29 is 23.0 Å². The molecule has 1 N–H and O–H groups in total. The van der Waals surface area contributed by atoms with Gasteiger partial charge in [0.1, 0.15) is 23.8 Å². The predicted molar refractivity (Wildman–Crippen MR) is 110 cm³/mol. The van der Waals surface area contributed by atoms with Crippen molar-refractivity contribution in [3.63, 3.8) is 0 Å². The van der Waals surface area contributed by atoms with Crippen molar-refractivity contribution in [3.05, 3.63) is 83.1 Å². The predicted octanol–water partition coefficient (Wildman–Crippen LogP) is 3.70. The van der Waals surface area contributed by atoms with Crippen LogP contribution in [0, 0.1) is 11.6 Å². The second-order valence-electron chi connectivity index (χ2n) is 7.43. The minimum Gasteiger partial charge on any atom is -0.471 e. The summed E-state index contributed by atoms with van der Waals surface area (Å²) in [6, 6.07) is 12.0. The molecule has 4 rings (SSSR count). The highest BCUT2D eigenvalue weighted by atomic mass is 19.1. The summed E-state index contributed by atoms with van der Waals surface area (Å²) in [6.45, 7) is 1.62. The number of nitrogens with zero attached hydrogens (tertiary/aromatic N) is 2. The van der Waals surface area contributed by atoms with E-state index in [1.54, 1.807) is 35.1 Å². The molecule has 0 spiro atoms. The highest BCUT2D eigenvalue weighted by molar-refractivity contribution is 5.96. The monoisotopic (exact) mass is 427 g/mol. The molecule has 1 saturated heterocycles. The molecule has 0 saturated carbocycles. The van der Waals surface area contributed by atoms with Gasteiger partial charge in [0.15, 0.2) is 0 Å². The van der Waals surface area contributed by atoms with Crippen LogP contribution in [-0.4, -0.2) is 34.9 Å². The fourth-order valence-corrected chi connectivity index (χ4v) is 3.36. The van der Waals surface area contributed by atoms with Crippen LogP contribution in [-0.2, 0) is 17.9 Å². The molecule has 1 aliphatic rings. The standard InChI is InChI=1S/C23H23F2N3O3/c24-18-7-3-16(4-8-18)13-28-14-21(22(29)26-12-20-2-1-11-30-20)23(27-28)31-15-17-5-9-19(25)10-6-17/h3-10,14,20H,1-2,11-13,15H2,(H,26,29). The first-order valence-corrected chi connectivity index (χ1v) is 10.2. The van der Waals surface area contributed by atoms with Crippen molar-refractivity contribution in [2.24, 2.45) is 0 Å². The van der Waals surface area contributed by atoms with Crippen LogP contribution in [0.4, 0.5) is 8.78 Å². The summed E-state index contributed by atoms with van der Waals surface area (Å²) in [6.07, 6.45) is 3.52. The fourth-order valence-electron chi connectivity index (χ4n) is 3.36. The Morgan fingerprint density at radius 2 is 1.77 bits per heavy atom. The van der Waals surface area contributed by atoms with Crippen LogP contribution in [0.5, 0.6) is 5.88 Å². The van der Waals surface area contributed by atoms with Gasteiger partial charge in [0.25, 0.3) is 5.91 Å². The van der Waals surface area contributed by atoms with Gasteiger partial charge in [-0.15, -0.1) is 5.10 Å². The Kier molecular flexibility index (Phi) is 6.57. The van der Waals surface area contributed by atoms with E-state index in [0.29, 0.717) is 25.3 Å². The molecule has 1 aliphatic heterocycles. The highest BCUT2D eigenvalue weighted by Crippen LogP contribution is 2.20. The van der Waals surface area contributed by atoms with Gasteiger partial charge < -0.3 is 14.8 Å². The lowest BCUT2D eigenvalue weighted by molar-refractivity contribution is 0.0854. The molecule has 0 radical (unpaired) electrons. The minimum atomic E-state index is -0.332. The van der Waals surface area contributed by atoms with Gasteiger partial charge in [0.05, 0.1) is 12.6 Å². The third kappa shape index (κ3) is 5.67. The van der Waals surface area contributed by atoms with Gasteiger partial charge in [-0.2, -0.15) is 0 Å². The zero-order valence-electron chi connectivity index (χ0n) is 16.9. The number of benzene rings is 2. The number of carbonyl (C=O) groups is 1. The highest BCUT2D eigenvalue weighted by Gasteiger charge is 2.21. The molecule has 6 nitrogen and oxygen atoms in total. The van der Waals surface area contributed by atoms with Crippen molar-refractivity contribution in [2.75, 3.05) is 13.2 Å². The van der Waals surface area contributed by atoms with Crippen LogP contribution in [0.25, 0.3) is 0 Å². The SMILES string of the molecule is O=C(NCC1CCCO1)c1cn(Cc2ccc(F)cc2)nc1OCc1ccc(F)cc1. The van der Waals surface area contributed by atoms with Gasteiger partial charge in [-0.25, -0.2) is 8.78 Å². The second-order valence-corrected chi connectivity index (χ2v) is 7.43. The third-order valence-electron chi connectivity index (χ3n) is 5.03. The van der Waals surface area contributed by atoms with Crippen molar-refractivity contribution in [1.82, 2.24) is 15.1 Å². The Morgan fingerprint density at radius 1 is 1.10 bits per heavy atom. The number of carbonyl (C=O) groups excluding carboxylic acids is 1. The largest absolute Gasteiger partial charge is 0.471 e. The Morgan fingerprint density at radius 3 is 2.42 bits per heavy atom. The molecular formula is C23H23F2N3O3. The van der Waals surface area contributed by atoms with Gasteiger partial charge in [-0.1, -0.05) is 24.3 Å². The molecule has 2 heterocycles. The van der Waals surface area contributed by atoms with Crippen LogP contribution in [0.1, 0.15) is 34.3 Å². The molecule has 1 aromatic heterocycles. The molecule has 1 atom stereocenters. The molecule has 31 heavy (non-hydrogen) atoms. The molecule has 162 valence electrons. The van der Waals surface area contributed by atoms with Gasteiger partial charge in [-0.05, 0) is 48.2 Å². The summed E-state index contributed by atoms with van der Waals surface area (Å²) in [5, 5.41) is 7.27. The van der Waals surface area contributed by atoms with E-state index in [0.717, 1.165) is 24.0 Å². The molecule has 1 unspecified atom stereocenters. The molecule has 1 fully saturated rings. The van der Waals surface area contributed by atoms with Gasteiger partial charge in [-0.3, -0.25) is 9.48 Å². The van der Waals surface area contributed by atoms with Crippen molar-refractivity contribution in [1.29, 1.82) is 0 Å². The lowest BCUT2D eigenvalue weighted by atomic mass is 10.2. The number of aromatic nitrogens is 2. The number of amides is 1. The molecule has 0 aliphatic carbocycles. The first kappa shape index (κ1) is 21.0. The molecule has 0 bridgehead atoms. The Bertz CT molecular complexity index is 1010. The quantitative estimate of drug-likeness (QED) is 0.596. The van der Waals surface area contributed by atoms with E-state index in [1.807, 2.05) is 0 Å². The normalized spacial score (nSPS) is 15.7. The lowest BCUT2D eigenvalue weighted by Crippen LogP contribution is -2.31. The Hall–Kier alpha value is -3.26. The Labute approximate surface area is 178 Å². The molecular weight excluding hydrogens is 404 g/mol. The number of hydrogen-bond donors (Lipinski definition) is 1. The molecule has 2 aromatic carbocycles. The first-order chi connectivity index (χ1) is 15.1. The summed E-state index contributed by atoms with van der Waals surface area (Å²) in [5.41, 5.74) is 1.88. The van der Waals surface area contributed by atoms with Crippen LogP contribution >= 0.6 is 0 Å². The number of halogens is 2. The van der Waals surface area contributed by atoms with E-state index in [1.165, 1.54) is 24.3 Å². The summed E-state index contributed by atoms with van der Waals surface area (Å²) in [5.74, 6) is -0.783. The van der Waals surface area contributed by atoms with Crippen LogP contribution in [0.15, 0.2) is 54.7 Å². The smallest absolute Gasteiger partial charge is 0.258 e. The number of ether oxygens (including phenoxy) is 2. The maximum Gasteiger partial charge on any atom is 0.258 e. The topological polar surface area (TPSA) is 65.4 Å². The van der Waals surface area contributed by atoms with Crippen LogP contribution < -0.4 is 10.1 Å². The van der Waals surface area contributed by atoms with E-state index < -0.39 is 0 Å². The Balaban J connectivity index is 1.49. The average molecular weight is 427 g/mol. The molecule has 3 aromatic rings. The molecule has 1 amide bonds. The van der Waals surface area contributed by atoms with Crippen molar-refractivity contribution in [3.8, 4) is 5.88 Å². The van der Waals surface area contributed by atoms with E-state index >= 15 is 0 Å². The van der Waals surface area contributed by atoms with E-state index in [-0.39, 0.29) is 36.1 Å². The first-order valence-electron chi connectivity index (χ1n) is 10.2. The van der Waals surface area contributed by atoms with Crippen LogP contribution in [0.2, 0.25) is 0 Å². The van der Waals surface area contributed by atoms with Crippen LogP contribution in [0.3, 0.4) is 0 Å². The van der Waals surface area contributed by atoms with Gasteiger partial charge >= 0.3 is 0 Å². The fraction of sp³-hybridized carbons (Fsp3) is 0.304. The number of rotatable bonds is 8. The van der Waals surface area contributed by atoms with E-state index in [2.05, 4.69) is 10.4 Å². The number of nitrogens with one attached hydrogen (secondary N) is 1. The summed E-state index contributed by atoms with van der Waals surface area (Å²) >= 11 is 0.